The molecule has 0 atom stereocenters. The van der Waals surface area contributed by atoms with Crippen molar-refractivity contribution in [2.75, 3.05) is 0 Å². The van der Waals surface area contributed by atoms with E-state index < -0.39 is 0 Å². The third kappa shape index (κ3) is 3.63. The molecular formula is C19H17ClN2O. The van der Waals surface area contributed by atoms with Crippen LogP contribution in [0.15, 0.2) is 65.7 Å². The first kappa shape index (κ1) is 15.4. The van der Waals surface area contributed by atoms with Gasteiger partial charge in [-0.1, -0.05) is 23.7 Å². The topological polar surface area (TPSA) is 26.5 Å². The van der Waals surface area contributed by atoms with Gasteiger partial charge in [-0.15, -0.1) is 0 Å². The van der Waals surface area contributed by atoms with Crippen molar-refractivity contribution < 1.29 is 4.74 Å². The Kier molecular flexibility index (Phi) is 4.49. The SMILES string of the molecule is Cc1ccc(C=Nc2ccc(Oc3ccccc3Cl)cc2)n1C. The number of hydrogen-bond donors (Lipinski definition) is 0. The van der Waals surface area contributed by atoms with E-state index in [9.17, 15) is 0 Å². The smallest absolute Gasteiger partial charge is 0.146 e. The van der Waals surface area contributed by atoms with E-state index >= 15 is 0 Å². The normalized spacial score (nSPS) is 11.1. The van der Waals surface area contributed by atoms with Crippen LogP contribution in [0.3, 0.4) is 0 Å². The largest absolute Gasteiger partial charge is 0.456 e. The molecule has 4 heteroatoms. The number of ether oxygens (including phenoxy) is 1. The summed E-state index contributed by atoms with van der Waals surface area (Å²) in [5.41, 5.74) is 3.14. The Bertz CT molecular complexity index is 835. The van der Waals surface area contributed by atoms with Gasteiger partial charge in [0.1, 0.15) is 11.5 Å². The molecule has 0 spiro atoms. The van der Waals surface area contributed by atoms with Crippen LogP contribution in [-0.4, -0.2) is 10.8 Å². The van der Waals surface area contributed by atoms with Gasteiger partial charge in [0.05, 0.1) is 22.6 Å². The molecule has 0 N–H and O–H groups in total. The first-order chi connectivity index (χ1) is 11.1. The van der Waals surface area contributed by atoms with E-state index in [2.05, 4.69) is 22.5 Å². The van der Waals surface area contributed by atoms with E-state index in [1.165, 1.54) is 5.69 Å². The number of rotatable bonds is 4. The molecule has 0 amide bonds. The number of aryl methyl sites for hydroxylation is 1. The number of aromatic nitrogens is 1. The molecule has 3 aromatic rings. The Morgan fingerprint density at radius 1 is 1.00 bits per heavy atom. The van der Waals surface area contributed by atoms with Crippen LogP contribution in [-0.2, 0) is 7.05 Å². The van der Waals surface area contributed by atoms with Crippen molar-refractivity contribution in [3.8, 4) is 11.5 Å². The highest BCUT2D eigenvalue weighted by Gasteiger charge is 2.02. The molecule has 0 aliphatic rings. The zero-order valence-electron chi connectivity index (χ0n) is 13.0. The second-order valence-corrected chi connectivity index (χ2v) is 5.65. The Hall–Kier alpha value is -2.52. The minimum absolute atomic E-state index is 0.591. The minimum Gasteiger partial charge on any atom is -0.456 e. The van der Waals surface area contributed by atoms with Crippen LogP contribution in [0.1, 0.15) is 11.4 Å². The van der Waals surface area contributed by atoms with Crippen molar-refractivity contribution in [1.82, 2.24) is 4.57 Å². The molecule has 1 aromatic heterocycles. The highest BCUT2D eigenvalue weighted by molar-refractivity contribution is 6.32. The maximum atomic E-state index is 6.09. The monoisotopic (exact) mass is 324 g/mol. The summed E-state index contributed by atoms with van der Waals surface area (Å²) >= 11 is 6.09. The van der Waals surface area contributed by atoms with E-state index in [0.717, 1.165) is 17.1 Å². The summed E-state index contributed by atoms with van der Waals surface area (Å²) in [6.45, 7) is 2.07. The van der Waals surface area contributed by atoms with E-state index in [-0.39, 0.29) is 0 Å². The number of para-hydroxylation sites is 1. The second kappa shape index (κ2) is 6.71. The van der Waals surface area contributed by atoms with Gasteiger partial charge in [-0.05, 0) is 55.5 Å². The molecule has 0 aliphatic heterocycles. The molecule has 1 heterocycles. The molecule has 0 saturated heterocycles. The third-order valence-electron chi connectivity index (χ3n) is 3.66. The Labute approximate surface area is 140 Å². The van der Waals surface area contributed by atoms with Crippen molar-refractivity contribution in [2.24, 2.45) is 12.0 Å². The standard InChI is InChI=1S/C19H17ClN2O/c1-14-7-10-16(22(14)2)13-21-15-8-11-17(12-9-15)23-19-6-4-3-5-18(19)20/h3-13H,1-2H3. The molecule has 23 heavy (non-hydrogen) atoms. The van der Waals surface area contributed by atoms with Crippen molar-refractivity contribution in [2.45, 2.75) is 6.92 Å². The van der Waals surface area contributed by atoms with Crippen LogP contribution in [0.5, 0.6) is 11.5 Å². The average molecular weight is 325 g/mol. The minimum atomic E-state index is 0.591. The molecular weight excluding hydrogens is 308 g/mol. The summed E-state index contributed by atoms with van der Waals surface area (Å²) in [6, 6.07) is 19.1. The molecule has 0 aliphatic carbocycles. The van der Waals surface area contributed by atoms with Crippen LogP contribution in [0, 0.1) is 6.92 Å². The zero-order valence-corrected chi connectivity index (χ0v) is 13.8. The summed E-state index contributed by atoms with van der Waals surface area (Å²) in [5.74, 6) is 1.37. The lowest BCUT2D eigenvalue weighted by molar-refractivity contribution is 0.483. The molecule has 0 fully saturated rings. The van der Waals surface area contributed by atoms with Gasteiger partial charge in [0.2, 0.25) is 0 Å². The Balaban J connectivity index is 1.72. The Morgan fingerprint density at radius 2 is 1.74 bits per heavy atom. The number of aliphatic imine (C=N–C) groups is 1. The summed E-state index contributed by atoms with van der Waals surface area (Å²) in [5, 5.41) is 0.591. The van der Waals surface area contributed by atoms with Gasteiger partial charge < -0.3 is 9.30 Å². The van der Waals surface area contributed by atoms with Crippen molar-refractivity contribution in [3.63, 3.8) is 0 Å². The fraction of sp³-hybridized carbons (Fsp3) is 0.105. The molecule has 3 nitrogen and oxygen atoms in total. The van der Waals surface area contributed by atoms with Crippen molar-refractivity contribution >= 4 is 23.5 Å². The van der Waals surface area contributed by atoms with Crippen LogP contribution in [0.25, 0.3) is 0 Å². The summed E-state index contributed by atoms with van der Waals surface area (Å²) in [4.78, 5) is 4.49. The molecule has 0 bridgehead atoms. The lowest BCUT2D eigenvalue weighted by atomic mass is 10.3. The van der Waals surface area contributed by atoms with Gasteiger partial charge in [0.25, 0.3) is 0 Å². The molecule has 0 radical (unpaired) electrons. The fourth-order valence-electron chi connectivity index (χ4n) is 2.16. The predicted octanol–water partition coefficient (Wildman–Crippen LogP) is 5.53. The maximum Gasteiger partial charge on any atom is 0.146 e. The summed E-state index contributed by atoms with van der Waals surface area (Å²) in [6.07, 6.45) is 1.86. The Morgan fingerprint density at radius 3 is 2.39 bits per heavy atom. The van der Waals surface area contributed by atoms with Crippen molar-refractivity contribution in [3.05, 3.63) is 77.1 Å². The maximum absolute atomic E-state index is 6.09. The zero-order chi connectivity index (χ0) is 16.2. The first-order valence-corrected chi connectivity index (χ1v) is 7.70. The van der Waals surface area contributed by atoms with E-state index in [4.69, 9.17) is 16.3 Å². The average Bonchev–Trinajstić information content (AvgIpc) is 2.88. The van der Waals surface area contributed by atoms with Gasteiger partial charge in [0, 0.05) is 12.7 Å². The highest BCUT2D eigenvalue weighted by Crippen LogP contribution is 2.29. The number of hydrogen-bond acceptors (Lipinski definition) is 2. The molecule has 116 valence electrons. The van der Waals surface area contributed by atoms with Crippen LogP contribution < -0.4 is 4.74 Å². The van der Waals surface area contributed by atoms with Crippen LogP contribution in [0.2, 0.25) is 5.02 Å². The van der Waals surface area contributed by atoms with Gasteiger partial charge in [-0.3, -0.25) is 4.99 Å². The molecule has 3 rings (SSSR count). The fourth-order valence-corrected chi connectivity index (χ4v) is 2.33. The predicted molar refractivity (Wildman–Crippen MR) is 95.4 cm³/mol. The number of halogens is 1. The highest BCUT2D eigenvalue weighted by atomic mass is 35.5. The van der Waals surface area contributed by atoms with Crippen molar-refractivity contribution in [1.29, 1.82) is 0 Å². The third-order valence-corrected chi connectivity index (χ3v) is 3.97. The second-order valence-electron chi connectivity index (χ2n) is 5.24. The van der Waals surface area contributed by atoms with Gasteiger partial charge in [-0.25, -0.2) is 0 Å². The van der Waals surface area contributed by atoms with E-state index in [1.54, 1.807) is 6.07 Å². The van der Waals surface area contributed by atoms with Gasteiger partial charge in [0.15, 0.2) is 0 Å². The van der Waals surface area contributed by atoms with E-state index in [1.807, 2.05) is 61.8 Å². The lowest BCUT2D eigenvalue weighted by Crippen LogP contribution is -1.96. The molecule has 2 aromatic carbocycles. The summed E-state index contributed by atoms with van der Waals surface area (Å²) in [7, 11) is 2.03. The molecule has 0 saturated carbocycles. The lowest BCUT2D eigenvalue weighted by Gasteiger charge is -2.07. The number of nitrogens with zero attached hydrogens (tertiary/aromatic N) is 2. The first-order valence-electron chi connectivity index (χ1n) is 7.32. The quantitative estimate of drug-likeness (QED) is 0.579. The van der Waals surface area contributed by atoms with Gasteiger partial charge >= 0.3 is 0 Å². The van der Waals surface area contributed by atoms with E-state index in [0.29, 0.717) is 10.8 Å². The van der Waals surface area contributed by atoms with Crippen LogP contribution in [0.4, 0.5) is 5.69 Å². The van der Waals surface area contributed by atoms with Gasteiger partial charge in [-0.2, -0.15) is 0 Å². The summed E-state index contributed by atoms with van der Waals surface area (Å²) < 4.78 is 7.86. The van der Waals surface area contributed by atoms with Crippen LogP contribution >= 0.6 is 11.6 Å². The molecule has 0 unspecified atom stereocenters. The number of benzene rings is 2.